The van der Waals surface area contributed by atoms with Gasteiger partial charge in [-0.3, -0.25) is 9.69 Å². The molecule has 1 atom stereocenters. The number of carbonyl (C=O) groups excluding carboxylic acids is 1. The standard InChI is InChI=1S/C31H33NO3/c1-34-25-13-9-23(10-14-25)27-17-18-30(29-8-4-3-7-28(27)29)31(33)24-11-15-26(16-12-24)35-22-21-32-19-5-2-6-20-32/h3-4,7-16,18,27H,2,5-6,17,19-22H2,1H3. The van der Waals surface area contributed by atoms with Crippen molar-refractivity contribution in [2.45, 2.75) is 31.6 Å². The van der Waals surface area contributed by atoms with E-state index in [1.807, 2.05) is 42.5 Å². The summed E-state index contributed by atoms with van der Waals surface area (Å²) in [6.07, 6.45) is 6.81. The van der Waals surface area contributed by atoms with E-state index in [4.69, 9.17) is 9.47 Å². The van der Waals surface area contributed by atoms with E-state index in [0.717, 1.165) is 35.6 Å². The van der Waals surface area contributed by atoms with E-state index in [-0.39, 0.29) is 11.7 Å². The summed E-state index contributed by atoms with van der Waals surface area (Å²) in [4.78, 5) is 16.0. The van der Waals surface area contributed by atoms with Crippen LogP contribution in [0, 0.1) is 0 Å². The number of rotatable bonds is 8. The van der Waals surface area contributed by atoms with Crippen molar-refractivity contribution in [2.24, 2.45) is 0 Å². The van der Waals surface area contributed by atoms with Crippen molar-refractivity contribution in [3.8, 4) is 11.5 Å². The van der Waals surface area contributed by atoms with E-state index in [2.05, 4.69) is 41.3 Å². The van der Waals surface area contributed by atoms with Crippen LogP contribution in [0.3, 0.4) is 0 Å². The maximum atomic E-state index is 13.5. The fourth-order valence-electron chi connectivity index (χ4n) is 5.22. The fourth-order valence-corrected chi connectivity index (χ4v) is 5.22. The Kier molecular flexibility index (Phi) is 7.29. The predicted molar refractivity (Wildman–Crippen MR) is 140 cm³/mol. The molecular weight excluding hydrogens is 434 g/mol. The highest BCUT2D eigenvalue weighted by molar-refractivity contribution is 6.29. The number of Topliss-reactive ketones (excluding diaryl/α,β-unsaturated/α-hetero) is 1. The van der Waals surface area contributed by atoms with Gasteiger partial charge >= 0.3 is 0 Å². The lowest BCUT2D eigenvalue weighted by Crippen LogP contribution is -2.33. The Labute approximate surface area is 208 Å². The molecule has 180 valence electrons. The molecule has 3 aromatic rings. The molecule has 0 saturated carbocycles. The van der Waals surface area contributed by atoms with Crippen molar-refractivity contribution in [2.75, 3.05) is 33.4 Å². The zero-order valence-electron chi connectivity index (χ0n) is 20.4. The molecule has 1 unspecified atom stereocenters. The largest absolute Gasteiger partial charge is 0.497 e. The van der Waals surface area contributed by atoms with E-state index >= 15 is 0 Å². The first-order valence-electron chi connectivity index (χ1n) is 12.7. The van der Waals surface area contributed by atoms with Crippen LogP contribution in [0.15, 0.2) is 78.9 Å². The molecule has 1 saturated heterocycles. The van der Waals surface area contributed by atoms with Crippen molar-refractivity contribution in [3.05, 3.63) is 101 Å². The molecule has 0 spiro atoms. The van der Waals surface area contributed by atoms with Gasteiger partial charge in [0, 0.05) is 23.6 Å². The average Bonchev–Trinajstić information content (AvgIpc) is 2.93. The summed E-state index contributed by atoms with van der Waals surface area (Å²) in [7, 11) is 1.68. The van der Waals surface area contributed by atoms with Crippen LogP contribution in [-0.2, 0) is 0 Å². The lowest BCUT2D eigenvalue weighted by Gasteiger charge is -2.26. The fraction of sp³-hybridized carbons (Fsp3) is 0.323. The lowest BCUT2D eigenvalue weighted by molar-refractivity contribution is 0.105. The van der Waals surface area contributed by atoms with Crippen molar-refractivity contribution in [3.63, 3.8) is 0 Å². The van der Waals surface area contributed by atoms with Gasteiger partial charge in [-0.2, -0.15) is 0 Å². The van der Waals surface area contributed by atoms with E-state index in [0.29, 0.717) is 12.2 Å². The first kappa shape index (κ1) is 23.4. The molecule has 35 heavy (non-hydrogen) atoms. The number of hydrogen-bond donors (Lipinski definition) is 0. The quantitative estimate of drug-likeness (QED) is 0.361. The molecule has 0 amide bonds. The summed E-state index contributed by atoms with van der Waals surface area (Å²) in [6, 6.07) is 24.1. The van der Waals surface area contributed by atoms with E-state index in [1.54, 1.807) is 7.11 Å². The van der Waals surface area contributed by atoms with Gasteiger partial charge in [0.25, 0.3) is 0 Å². The topological polar surface area (TPSA) is 38.8 Å². The van der Waals surface area contributed by atoms with Crippen molar-refractivity contribution in [1.29, 1.82) is 0 Å². The monoisotopic (exact) mass is 467 g/mol. The summed E-state index contributed by atoms with van der Waals surface area (Å²) >= 11 is 0. The Bertz CT molecular complexity index is 1170. The van der Waals surface area contributed by atoms with Gasteiger partial charge in [0.2, 0.25) is 0 Å². The molecule has 2 aliphatic rings. The second-order valence-electron chi connectivity index (χ2n) is 9.37. The van der Waals surface area contributed by atoms with E-state index in [1.165, 1.54) is 43.5 Å². The lowest BCUT2D eigenvalue weighted by atomic mass is 9.77. The summed E-state index contributed by atoms with van der Waals surface area (Å²) in [6.45, 7) is 3.98. The second-order valence-corrected chi connectivity index (χ2v) is 9.37. The first-order valence-corrected chi connectivity index (χ1v) is 12.7. The van der Waals surface area contributed by atoms with Crippen molar-refractivity contribution < 1.29 is 14.3 Å². The molecule has 3 aromatic carbocycles. The van der Waals surface area contributed by atoms with Crippen LogP contribution in [0.2, 0.25) is 0 Å². The summed E-state index contributed by atoms with van der Waals surface area (Å²) in [5, 5.41) is 0. The van der Waals surface area contributed by atoms with Crippen LogP contribution in [0.25, 0.3) is 5.57 Å². The number of piperidine rings is 1. The van der Waals surface area contributed by atoms with Crippen molar-refractivity contribution in [1.82, 2.24) is 4.90 Å². The zero-order valence-corrected chi connectivity index (χ0v) is 20.4. The van der Waals surface area contributed by atoms with E-state index in [9.17, 15) is 4.79 Å². The van der Waals surface area contributed by atoms with Gasteiger partial charge < -0.3 is 9.47 Å². The third kappa shape index (κ3) is 5.33. The maximum Gasteiger partial charge on any atom is 0.193 e. The molecule has 0 radical (unpaired) electrons. The van der Waals surface area contributed by atoms with Crippen LogP contribution >= 0.6 is 0 Å². The minimum Gasteiger partial charge on any atom is -0.497 e. The van der Waals surface area contributed by atoms with Gasteiger partial charge in [0.15, 0.2) is 5.78 Å². The third-order valence-corrected chi connectivity index (χ3v) is 7.19. The smallest absolute Gasteiger partial charge is 0.193 e. The zero-order chi connectivity index (χ0) is 24.0. The molecule has 4 heteroatoms. The summed E-state index contributed by atoms with van der Waals surface area (Å²) < 4.78 is 11.3. The highest BCUT2D eigenvalue weighted by Crippen LogP contribution is 2.40. The first-order chi connectivity index (χ1) is 17.2. The number of likely N-dealkylation sites (tertiary alicyclic amines) is 1. The third-order valence-electron chi connectivity index (χ3n) is 7.19. The Morgan fingerprint density at radius 3 is 2.34 bits per heavy atom. The van der Waals surface area contributed by atoms with Crippen LogP contribution in [0.5, 0.6) is 11.5 Å². The van der Waals surface area contributed by atoms with Gasteiger partial charge in [0.1, 0.15) is 18.1 Å². The minimum absolute atomic E-state index is 0.0606. The van der Waals surface area contributed by atoms with Crippen LogP contribution < -0.4 is 9.47 Å². The SMILES string of the molecule is COc1ccc(C2CC=C(C(=O)c3ccc(OCCN4CCCCC4)cc3)c3ccccc32)cc1. The number of benzene rings is 3. The molecular formula is C31H33NO3. The maximum absolute atomic E-state index is 13.5. The molecule has 5 rings (SSSR count). The van der Waals surface area contributed by atoms with Gasteiger partial charge in [-0.05, 0) is 85.4 Å². The Morgan fingerprint density at radius 2 is 1.60 bits per heavy atom. The number of fused-ring (bicyclic) bond motifs is 1. The van der Waals surface area contributed by atoms with Crippen LogP contribution in [0.4, 0.5) is 0 Å². The average molecular weight is 468 g/mol. The molecule has 1 aliphatic carbocycles. The Hall–Kier alpha value is -3.37. The Morgan fingerprint density at radius 1 is 0.886 bits per heavy atom. The molecule has 4 nitrogen and oxygen atoms in total. The number of allylic oxidation sites excluding steroid dienone is 2. The van der Waals surface area contributed by atoms with Crippen LogP contribution in [-0.4, -0.2) is 44.0 Å². The highest BCUT2D eigenvalue weighted by atomic mass is 16.5. The van der Waals surface area contributed by atoms with Gasteiger partial charge in [-0.15, -0.1) is 0 Å². The summed E-state index contributed by atoms with van der Waals surface area (Å²) in [5.41, 5.74) is 4.92. The van der Waals surface area contributed by atoms with Gasteiger partial charge in [0.05, 0.1) is 7.11 Å². The van der Waals surface area contributed by atoms with Gasteiger partial charge in [-0.25, -0.2) is 0 Å². The number of methoxy groups -OCH3 is 1. The number of ether oxygens (including phenoxy) is 2. The summed E-state index contributed by atoms with van der Waals surface area (Å²) in [5.74, 6) is 1.95. The normalized spacial score (nSPS) is 17.9. The molecule has 0 N–H and O–H groups in total. The van der Waals surface area contributed by atoms with E-state index < -0.39 is 0 Å². The number of nitrogens with zero attached hydrogens (tertiary/aromatic N) is 1. The minimum atomic E-state index is 0.0606. The second kappa shape index (κ2) is 10.9. The Balaban J connectivity index is 1.28. The highest BCUT2D eigenvalue weighted by Gasteiger charge is 2.26. The van der Waals surface area contributed by atoms with Crippen molar-refractivity contribution >= 4 is 11.4 Å². The molecule has 1 heterocycles. The molecule has 0 aromatic heterocycles. The number of ketones is 1. The number of hydrogen-bond acceptors (Lipinski definition) is 4. The van der Waals surface area contributed by atoms with Gasteiger partial charge in [-0.1, -0.05) is 48.9 Å². The molecule has 1 aliphatic heterocycles. The molecule has 1 fully saturated rings. The number of carbonyl (C=O) groups is 1. The molecule has 0 bridgehead atoms. The van der Waals surface area contributed by atoms with Crippen LogP contribution in [0.1, 0.15) is 58.6 Å². The predicted octanol–water partition coefficient (Wildman–Crippen LogP) is 6.36.